The summed E-state index contributed by atoms with van der Waals surface area (Å²) >= 11 is 0. The Morgan fingerprint density at radius 3 is 2.11 bits per heavy atom. The first-order valence-corrected chi connectivity index (χ1v) is 5.48. The summed E-state index contributed by atoms with van der Waals surface area (Å²) in [7, 11) is 0. The topological polar surface area (TPSA) is 108 Å². The van der Waals surface area contributed by atoms with Crippen molar-refractivity contribution in [1.29, 1.82) is 0 Å². The molecule has 0 aromatic carbocycles. The third kappa shape index (κ3) is 7.34. The maximum atomic E-state index is 9.64. The summed E-state index contributed by atoms with van der Waals surface area (Å²) in [5, 5.41) is 24.6. The second-order valence-corrected chi connectivity index (χ2v) is 3.41. The van der Waals surface area contributed by atoms with Gasteiger partial charge in [0.25, 0.3) is 0 Å². The van der Waals surface area contributed by atoms with Crippen LogP contribution >= 0.6 is 0 Å². The summed E-state index contributed by atoms with van der Waals surface area (Å²) in [6, 6.07) is 3.73. The molecule has 0 saturated carbocycles. The van der Waals surface area contributed by atoms with Gasteiger partial charge in [-0.2, -0.15) is 0 Å². The highest BCUT2D eigenvalue weighted by Gasteiger charge is 2.00. The van der Waals surface area contributed by atoms with Crippen LogP contribution in [0.1, 0.15) is 31.0 Å². The van der Waals surface area contributed by atoms with Gasteiger partial charge < -0.3 is 15.3 Å². The molecule has 0 aliphatic heterocycles. The number of carboxylic acid groups (broad SMARTS) is 2. The first kappa shape index (κ1) is 16.1. The zero-order chi connectivity index (χ0) is 14.0. The van der Waals surface area contributed by atoms with E-state index in [1.54, 1.807) is 6.20 Å². The second kappa shape index (κ2) is 9.12. The van der Waals surface area contributed by atoms with Crippen molar-refractivity contribution in [3.05, 3.63) is 29.6 Å². The molecule has 0 aliphatic rings. The average Bonchev–Trinajstić information content (AvgIpc) is 2.37. The van der Waals surface area contributed by atoms with Crippen molar-refractivity contribution >= 4 is 11.9 Å². The second-order valence-electron chi connectivity index (χ2n) is 3.41. The monoisotopic (exact) mass is 255 g/mol. The van der Waals surface area contributed by atoms with Crippen molar-refractivity contribution in [3.63, 3.8) is 0 Å². The zero-order valence-corrected chi connectivity index (χ0v) is 10.2. The summed E-state index contributed by atoms with van der Waals surface area (Å²) in [6.45, 7) is 2.12. The summed E-state index contributed by atoms with van der Waals surface area (Å²) in [5.74, 6) is -2.15. The summed E-state index contributed by atoms with van der Waals surface area (Å²) in [6.07, 6.45) is 2.04. The summed E-state index contributed by atoms with van der Waals surface area (Å²) < 4.78 is 0. The predicted molar refractivity (Wildman–Crippen MR) is 64.0 cm³/mol. The van der Waals surface area contributed by atoms with E-state index in [1.807, 2.05) is 19.1 Å². The maximum absolute atomic E-state index is 9.64. The van der Waals surface area contributed by atoms with Gasteiger partial charge in [-0.1, -0.05) is 13.0 Å². The highest BCUT2D eigenvalue weighted by Crippen LogP contribution is 2.04. The van der Waals surface area contributed by atoms with Crippen LogP contribution in [0.4, 0.5) is 0 Å². The van der Waals surface area contributed by atoms with Gasteiger partial charge in [0.15, 0.2) is 0 Å². The Labute approximate surface area is 105 Å². The number of aryl methyl sites for hydroxylation is 1. The van der Waals surface area contributed by atoms with Crippen molar-refractivity contribution < 1.29 is 24.9 Å². The molecule has 1 heterocycles. The molecule has 1 aromatic heterocycles. The Morgan fingerprint density at radius 1 is 1.22 bits per heavy atom. The smallest absolute Gasteiger partial charge is 0.303 e. The van der Waals surface area contributed by atoms with Gasteiger partial charge in [0, 0.05) is 11.9 Å². The van der Waals surface area contributed by atoms with Crippen LogP contribution in [0.25, 0.3) is 0 Å². The van der Waals surface area contributed by atoms with Crippen molar-refractivity contribution in [1.82, 2.24) is 4.98 Å². The van der Waals surface area contributed by atoms with Gasteiger partial charge in [-0.3, -0.25) is 14.6 Å². The number of aromatic nitrogens is 1. The first-order chi connectivity index (χ1) is 8.51. The Balaban J connectivity index is 0.000000331. The quantitative estimate of drug-likeness (QED) is 0.726. The van der Waals surface area contributed by atoms with Crippen LogP contribution in [0.5, 0.6) is 0 Å². The number of aliphatic carboxylic acids is 2. The third-order valence-electron chi connectivity index (χ3n) is 2.04. The number of carbonyl (C=O) groups is 2. The summed E-state index contributed by atoms with van der Waals surface area (Å²) in [5.41, 5.74) is 1.93. The fourth-order valence-corrected chi connectivity index (χ4v) is 1.15. The molecular weight excluding hydrogens is 238 g/mol. The lowest BCUT2D eigenvalue weighted by molar-refractivity contribution is -0.143. The highest BCUT2D eigenvalue weighted by atomic mass is 16.4. The zero-order valence-electron chi connectivity index (χ0n) is 10.2. The number of nitrogens with zero attached hydrogens (tertiary/aromatic N) is 1. The molecule has 1 aromatic rings. The van der Waals surface area contributed by atoms with E-state index in [0.29, 0.717) is 0 Å². The Morgan fingerprint density at radius 2 is 1.78 bits per heavy atom. The molecule has 0 saturated heterocycles. The molecule has 3 N–H and O–H groups in total. The standard InChI is InChI=1S/C8H11NO.C4H6O4/c1-2-8-7(6-10)4-3-5-9-8;5-3(6)1-2-4(7)8/h3-5,10H,2,6H2,1H3;1-2H2,(H,5,6)(H,7,8). The Bertz CT molecular complexity index is 355. The number of pyridine rings is 1. The lowest BCUT2D eigenvalue weighted by Crippen LogP contribution is -2.00. The molecule has 6 nitrogen and oxygen atoms in total. The van der Waals surface area contributed by atoms with Crippen molar-refractivity contribution in [3.8, 4) is 0 Å². The molecule has 0 spiro atoms. The predicted octanol–water partition coefficient (Wildman–Crippen LogP) is 1.07. The molecule has 0 atom stereocenters. The summed E-state index contributed by atoms with van der Waals surface area (Å²) in [4.78, 5) is 23.4. The van der Waals surface area contributed by atoms with Crippen molar-refractivity contribution in [2.75, 3.05) is 0 Å². The lowest BCUT2D eigenvalue weighted by atomic mass is 10.2. The molecule has 100 valence electrons. The molecule has 0 aliphatic carbocycles. The van der Waals surface area contributed by atoms with Crippen molar-refractivity contribution in [2.45, 2.75) is 32.8 Å². The van der Waals surface area contributed by atoms with E-state index in [0.717, 1.165) is 17.7 Å². The number of aliphatic hydroxyl groups excluding tert-OH is 1. The van der Waals surface area contributed by atoms with Gasteiger partial charge in [-0.15, -0.1) is 0 Å². The molecule has 18 heavy (non-hydrogen) atoms. The number of carboxylic acids is 2. The molecule has 0 amide bonds. The minimum atomic E-state index is -1.08. The van der Waals surface area contributed by atoms with E-state index < -0.39 is 11.9 Å². The van der Waals surface area contributed by atoms with E-state index in [-0.39, 0.29) is 19.4 Å². The number of hydrogen-bond acceptors (Lipinski definition) is 4. The van der Waals surface area contributed by atoms with Crippen LogP contribution in [0.2, 0.25) is 0 Å². The molecular formula is C12H17NO5. The van der Waals surface area contributed by atoms with E-state index in [2.05, 4.69) is 4.98 Å². The van der Waals surface area contributed by atoms with E-state index in [4.69, 9.17) is 15.3 Å². The van der Waals surface area contributed by atoms with Crippen LogP contribution in [0.3, 0.4) is 0 Å². The van der Waals surface area contributed by atoms with Gasteiger partial charge in [0.05, 0.1) is 19.4 Å². The molecule has 0 radical (unpaired) electrons. The van der Waals surface area contributed by atoms with Gasteiger partial charge in [0.1, 0.15) is 0 Å². The number of rotatable bonds is 5. The maximum Gasteiger partial charge on any atom is 0.303 e. The molecule has 0 bridgehead atoms. The fourth-order valence-electron chi connectivity index (χ4n) is 1.15. The van der Waals surface area contributed by atoms with Gasteiger partial charge in [-0.25, -0.2) is 0 Å². The molecule has 0 fully saturated rings. The largest absolute Gasteiger partial charge is 0.481 e. The Kier molecular flexibility index (Phi) is 8.13. The molecule has 0 unspecified atom stereocenters. The van der Waals surface area contributed by atoms with Crippen LogP contribution in [-0.4, -0.2) is 32.2 Å². The van der Waals surface area contributed by atoms with Gasteiger partial charge >= 0.3 is 11.9 Å². The molecule has 6 heteroatoms. The van der Waals surface area contributed by atoms with Crippen LogP contribution in [0.15, 0.2) is 18.3 Å². The van der Waals surface area contributed by atoms with E-state index in [9.17, 15) is 9.59 Å². The van der Waals surface area contributed by atoms with E-state index in [1.165, 1.54) is 0 Å². The first-order valence-electron chi connectivity index (χ1n) is 5.48. The van der Waals surface area contributed by atoms with Crippen LogP contribution in [-0.2, 0) is 22.6 Å². The average molecular weight is 255 g/mol. The Hall–Kier alpha value is -1.95. The van der Waals surface area contributed by atoms with Crippen molar-refractivity contribution in [2.24, 2.45) is 0 Å². The SMILES string of the molecule is CCc1ncccc1CO.O=C(O)CCC(=O)O. The van der Waals surface area contributed by atoms with Crippen LogP contribution in [0, 0.1) is 0 Å². The highest BCUT2D eigenvalue weighted by molar-refractivity contribution is 5.75. The van der Waals surface area contributed by atoms with E-state index >= 15 is 0 Å². The minimum absolute atomic E-state index is 0.0943. The number of aliphatic hydroxyl groups is 1. The molecule has 1 rings (SSSR count). The van der Waals surface area contributed by atoms with Gasteiger partial charge in [-0.05, 0) is 18.1 Å². The lowest BCUT2D eigenvalue weighted by Gasteiger charge is -2.00. The normalized spacial score (nSPS) is 9.22. The van der Waals surface area contributed by atoms with Gasteiger partial charge in [0.2, 0.25) is 0 Å². The van der Waals surface area contributed by atoms with Crippen LogP contribution < -0.4 is 0 Å². The third-order valence-corrected chi connectivity index (χ3v) is 2.04. The fraction of sp³-hybridized carbons (Fsp3) is 0.417. The minimum Gasteiger partial charge on any atom is -0.481 e. The number of hydrogen-bond donors (Lipinski definition) is 3.